The van der Waals surface area contributed by atoms with Crippen LogP contribution >= 0.6 is 0 Å². The molecule has 0 aliphatic carbocycles. The van der Waals surface area contributed by atoms with Gasteiger partial charge in [0, 0.05) is 5.69 Å². The lowest BCUT2D eigenvalue weighted by atomic mass is 9.90. The Morgan fingerprint density at radius 1 is 1.29 bits per heavy atom. The summed E-state index contributed by atoms with van der Waals surface area (Å²) in [4.78, 5) is 0. The average molecular weight is 187 g/mol. The molecule has 1 aromatic rings. The molecule has 14 heavy (non-hydrogen) atoms. The molecule has 0 fully saturated rings. The van der Waals surface area contributed by atoms with Crippen molar-refractivity contribution >= 4 is 11.8 Å². The van der Waals surface area contributed by atoms with E-state index in [0.717, 1.165) is 0 Å². The maximum absolute atomic E-state index is 3.59. The predicted octanol–water partition coefficient (Wildman–Crippen LogP) is 3.68. The molecule has 1 heteroatoms. The number of nitrogens with one attached hydrogen (secondary N) is 1. The van der Waals surface area contributed by atoms with Gasteiger partial charge in [-0.3, -0.25) is 0 Å². The van der Waals surface area contributed by atoms with Crippen LogP contribution in [0.25, 0.3) is 6.08 Å². The molecule has 0 aromatic heterocycles. The molecule has 1 atom stereocenters. The Labute approximate surface area is 85.8 Å². The molecule has 0 saturated carbocycles. The Morgan fingerprint density at radius 3 is 2.86 bits per heavy atom. The van der Waals surface area contributed by atoms with Gasteiger partial charge in [-0.25, -0.2) is 0 Å². The van der Waals surface area contributed by atoms with Crippen LogP contribution in [0.15, 0.2) is 30.3 Å². The zero-order valence-corrected chi connectivity index (χ0v) is 8.88. The van der Waals surface area contributed by atoms with Crippen molar-refractivity contribution in [2.75, 3.05) is 5.32 Å². The fourth-order valence-corrected chi connectivity index (χ4v) is 2.04. The molecule has 1 aliphatic heterocycles. The molecule has 74 valence electrons. The van der Waals surface area contributed by atoms with Crippen molar-refractivity contribution in [3.05, 3.63) is 35.9 Å². The van der Waals surface area contributed by atoms with Crippen molar-refractivity contribution in [2.24, 2.45) is 0 Å². The normalized spacial score (nSPS) is 24.1. The molecular formula is C13H17N. The fourth-order valence-electron chi connectivity index (χ4n) is 2.04. The smallest absolute Gasteiger partial charge is 0.0531 e. The van der Waals surface area contributed by atoms with Gasteiger partial charge in [0.25, 0.3) is 0 Å². The molecule has 1 aliphatic rings. The van der Waals surface area contributed by atoms with E-state index in [1.165, 1.54) is 24.1 Å². The second-order valence-electron chi connectivity index (χ2n) is 4.21. The molecule has 1 aromatic carbocycles. The zero-order valence-electron chi connectivity index (χ0n) is 8.88. The van der Waals surface area contributed by atoms with Crippen LogP contribution in [0.4, 0.5) is 5.69 Å². The molecule has 0 bridgehead atoms. The van der Waals surface area contributed by atoms with E-state index in [9.17, 15) is 0 Å². The van der Waals surface area contributed by atoms with E-state index < -0.39 is 0 Å². The zero-order chi connectivity index (χ0) is 10.0. The van der Waals surface area contributed by atoms with Gasteiger partial charge in [0.1, 0.15) is 0 Å². The molecule has 1 heterocycles. The summed E-state index contributed by atoms with van der Waals surface area (Å²) in [5.41, 5.74) is 2.69. The number of fused-ring (bicyclic) bond motifs is 1. The molecule has 1 N–H and O–H groups in total. The van der Waals surface area contributed by atoms with Gasteiger partial charge in [0.2, 0.25) is 0 Å². The third kappa shape index (κ3) is 1.67. The Balaban J connectivity index is 2.29. The van der Waals surface area contributed by atoms with Gasteiger partial charge in [0.15, 0.2) is 0 Å². The quantitative estimate of drug-likeness (QED) is 0.744. The molecule has 2 rings (SSSR count). The second kappa shape index (κ2) is 3.49. The molecule has 1 nitrogen and oxygen atoms in total. The van der Waals surface area contributed by atoms with Crippen LogP contribution in [0.3, 0.4) is 0 Å². The van der Waals surface area contributed by atoms with Gasteiger partial charge in [-0.15, -0.1) is 0 Å². The molecule has 0 radical (unpaired) electrons. The highest BCUT2D eigenvalue weighted by Crippen LogP contribution is 2.30. The highest BCUT2D eigenvalue weighted by atomic mass is 15.0. The lowest BCUT2D eigenvalue weighted by Crippen LogP contribution is -2.34. The van der Waals surface area contributed by atoms with E-state index >= 15 is 0 Å². The first-order valence-corrected chi connectivity index (χ1v) is 5.30. The first kappa shape index (κ1) is 9.32. The van der Waals surface area contributed by atoms with Gasteiger partial charge in [-0.1, -0.05) is 43.7 Å². The first-order chi connectivity index (χ1) is 6.73. The van der Waals surface area contributed by atoms with Crippen molar-refractivity contribution in [3.8, 4) is 0 Å². The summed E-state index contributed by atoms with van der Waals surface area (Å²) in [6.07, 6.45) is 6.88. The lowest BCUT2D eigenvalue weighted by Gasteiger charge is -2.32. The van der Waals surface area contributed by atoms with Crippen molar-refractivity contribution < 1.29 is 0 Å². The van der Waals surface area contributed by atoms with E-state index in [1.54, 1.807) is 0 Å². The van der Waals surface area contributed by atoms with Gasteiger partial charge >= 0.3 is 0 Å². The highest BCUT2D eigenvalue weighted by molar-refractivity contribution is 5.71. The van der Waals surface area contributed by atoms with Crippen LogP contribution in [0.1, 0.15) is 32.3 Å². The minimum atomic E-state index is 0.142. The molecule has 0 saturated heterocycles. The van der Waals surface area contributed by atoms with Crippen LogP contribution in [-0.4, -0.2) is 5.54 Å². The Kier molecular flexibility index (Phi) is 2.32. The highest BCUT2D eigenvalue weighted by Gasteiger charge is 2.22. The molecule has 0 spiro atoms. The molecular weight excluding hydrogens is 170 g/mol. The Morgan fingerprint density at radius 2 is 2.07 bits per heavy atom. The summed E-state index contributed by atoms with van der Waals surface area (Å²) >= 11 is 0. The number of anilines is 1. The van der Waals surface area contributed by atoms with Gasteiger partial charge < -0.3 is 5.32 Å². The van der Waals surface area contributed by atoms with Crippen LogP contribution in [0, 0.1) is 0 Å². The Bertz CT molecular complexity index is 354. The molecule has 0 unspecified atom stereocenters. The minimum Gasteiger partial charge on any atom is -0.376 e. The van der Waals surface area contributed by atoms with E-state index in [-0.39, 0.29) is 5.54 Å². The summed E-state index contributed by atoms with van der Waals surface area (Å²) in [7, 11) is 0. The van der Waals surface area contributed by atoms with Crippen LogP contribution in [-0.2, 0) is 0 Å². The number of benzene rings is 1. The maximum Gasteiger partial charge on any atom is 0.0531 e. The van der Waals surface area contributed by atoms with Crippen molar-refractivity contribution in [1.29, 1.82) is 0 Å². The summed E-state index contributed by atoms with van der Waals surface area (Å²) < 4.78 is 0. The van der Waals surface area contributed by atoms with Gasteiger partial charge in [0.05, 0.1) is 5.54 Å². The largest absolute Gasteiger partial charge is 0.376 e. The predicted molar refractivity (Wildman–Crippen MR) is 62.4 cm³/mol. The summed E-state index contributed by atoms with van der Waals surface area (Å²) in [5, 5.41) is 3.59. The summed E-state index contributed by atoms with van der Waals surface area (Å²) in [6, 6.07) is 8.45. The summed E-state index contributed by atoms with van der Waals surface area (Å²) in [5.74, 6) is 0. The van der Waals surface area contributed by atoms with E-state index in [1.807, 2.05) is 0 Å². The van der Waals surface area contributed by atoms with E-state index in [2.05, 4.69) is 55.6 Å². The average Bonchev–Trinajstić information content (AvgIpc) is 2.17. The third-order valence-electron chi connectivity index (χ3n) is 2.78. The summed E-state index contributed by atoms with van der Waals surface area (Å²) in [6.45, 7) is 4.48. The van der Waals surface area contributed by atoms with Crippen molar-refractivity contribution in [1.82, 2.24) is 0 Å². The number of para-hydroxylation sites is 1. The van der Waals surface area contributed by atoms with E-state index in [0.29, 0.717) is 0 Å². The minimum absolute atomic E-state index is 0.142. The SMILES string of the molecule is CCC[C@]1(C)C=Cc2ccccc2N1. The lowest BCUT2D eigenvalue weighted by molar-refractivity contribution is 0.566. The fraction of sp³-hybridized carbons (Fsp3) is 0.385. The van der Waals surface area contributed by atoms with E-state index in [4.69, 9.17) is 0 Å². The standard InChI is InChI=1S/C13H17N/c1-3-9-13(2)10-8-11-6-4-5-7-12(11)14-13/h4-8,10,14H,3,9H2,1-2H3/t13-/m1/s1. The first-order valence-electron chi connectivity index (χ1n) is 5.30. The number of rotatable bonds is 2. The van der Waals surface area contributed by atoms with Crippen LogP contribution in [0.2, 0.25) is 0 Å². The van der Waals surface area contributed by atoms with Gasteiger partial charge in [-0.05, 0) is 25.0 Å². The maximum atomic E-state index is 3.59. The number of hydrogen-bond acceptors (Lipinski definition) is 1. The third-order valence-corrected chi connectivity index (χ3v) is 2.78. The monoisotopic (exact) mass is 187 g/mol. The van der Waals surface area contributed by atoms with Crippen molar-refractivity contribution in [3.63, 3.8) is 0 Å². The Hall–Kier alpha value is -1.24. The van der Waals surface area contributed by atoms with Crippen LogP contribution in [0.5, 0.6) is 0 Å². The number of hydrogen-bond donors (Lipinski definition) is 1. The second-order valence-corrected chi connectivity index (χ2v) is 4.21. The van der Waals surface area contributed by atoms with Crippen molar-refractivity contribution in [2.45, 2.75) is 32.2 Å². The molecule has 0 amide bonds. The van der Waals surface area contributed by atoms with Crippen LogP contribution < -0.4 is 5.32 Å². The van der Waals surface area contributed by atoms with Gasteiger partial charge in [-0.2, -0.15) is 0 Å². The topological polar surface area (TPSA) is 12.0 Å².